The molecule has 0 N–H and O–H groups in total. The third-order valence-electron chi connectivity index (χ3n) is 4.81. The zero-order valence-electron chi connectivity index (χ0n) is 17.2. The Morgan fingerprint density at radius 1 is 0.882 bits per heavy atom. The molecule has 10 heteroatoms. The van der Waals surface area contributed by atoms with Crippen molar-refractivity contribution in [3.8, 4) is 5.75 Å². The molecule has 174 valence electrons. The Kier molecular flexibility index (Phi) is 8.33. The van der Waals surface area contributed by atoms with Crippen molar-refractivity contribution >= 4 is 95.6 Å². The van der Waals surface area contributed by atoms with E-state index in [1.165, 1.54) is 4.90 Å². The van der Waals surface area contributed by atoms with E-state index in [4.69, 9.17) is 39.5 Å². The zero-order valence-corrected chi connectivity index (χ0v) is 23.4. The third-order valence-corrected chi connectivity index (χ3v) is 7.89. The second-order valence-electron chi connectivity index (χ2n) is 7.25. The Bertz CT molecular complexity index is 1290. The molecule has 3 aromatic rings. The van der Waals surface area contributed by atoms with Crippen LogP contribution in [0.3, 0.4) is 0 Å². The van der Waals surface area contributed by atoms with Gasteiger partial charge in [0, 0.05) is 5.02 Å². The molecule has 0 atom stereocenters. The fourth-order valence-corrected chi connectivity index (χ4v) is 5.88. The van der Waals surface area contributed by atoms with Gasteiger partial charge in [-0.15, -0.1) is 0 Å². The molecule has 0 bridgehead atoms. The summed E-state index contributed by atoms with van der Waals surface area (Å²) in [6.07, 6.45) is 1.68. The van der Waals surface area contributed by atoms with Crippen LogP contribution in [0.15, 0.2) is 68.4 Å². The predicted molar refractivity (Wildman–Crippen MR) is 146 cm³/mol. The number of halogens is 5. The highest BCUT2D eigenvalue weighted by atomic mass is 79.9. The van der Waals surface area contributed by atoms with E-state index in [1.54, 1.807) is 24.3 Å². The standard InChI is InChI=1S/C24H14Br2Cl3NO3S/c25-17-7-15(8-18(26)22(17)33-12-13-1-4-16(27)5-2-13)10-21-23(31)30(24(32)34-21)11-14-3-6-19(28)20(29)9-14/h1-10H,11-12H2/b21-10-. The van der Waals surface area contributed by atoms with Gasteiger partial charge < -0.3 is 4.74 Å². The molecule has 1 saturated heterocycles. The topological polar surface area (TPSA) is 46.6 Å². The molecular weight excluding hydrogens is 649 g/mol. The van der Waals surface area contributed by atoms with Crippen molar-refractivity contribution in [2.24, 2.45) is 0 Å². The highest BCUT2D eigenvalue weighted by molar-refractivity contribution is 9.11. The summed E-state index contributed by atoms with van der Waals surface area (Å²) in [5, 5.41) is 1.10. The molecule has 1 heterocycles. The van der Waals surface area contributed by atoms with Gasteiger partial charge in [0.1, 0.15) is 12.4 Å². The van der Waals surface area contributed by atoms with Gasteiger partial charge in [0.15, 0.2) is 0 Å². The summed E-state index contributed by atoms with van der Waals surface area (Å²) >= 11 is 25.9. The van der Waals surface area contributed by atoms with Gasteiger partial charge in [0.2, 0.25) is 0 Å². The van der Waals surface area contributed by atoms with Crippen LogP contribution in [-0.2, 0) is 17.9 Å². The van der Waals surface area contributed by atoms with Crippen molar-refractivity contribution in [3.05, 3.63) is 100 Å². The number of rotatable bonds is 6. The summed E-state index contributed by atoms with van der Waals surface area (Å²) in [7, 11) is 0. The smallest absolute Gasteiger partial charge is 0.293 e. The average molecular weight is 663 g/mol. The summed E-state index contributed by atoms with van der Waals surface area (Å²) in [5.41, 5.74) is 2.42. The lowest BCUT2D eigenvalue weighted by Gasteiger charge is -2.13. The lowest BCUT2D eigenvalue weighted by Crippen LogP contribution is -2.27. The number of benzene rings is 3. The van der Waals surface area contributed by atoms with Crippen molar-refractivity contribution in [2.75, 3.05) is 0 Å². The quantitative estimate of drug-likeness (QED) is 0.247. The van der Waals surface area contributed by atoms with Crippen LogP contribution in [0.5, 0.6) is 5.75 Å². The summed E-state index contributed by atoms with van der Waals surface area (Å²) in [6.45, 7) is 0.477. The second-order valence-corrected chi connectivity index (χ2v) is 11.2. The average Bonchev–Trinajstić information content (AvgIpc) is 3.04. The van der Waals surface area contributed by atoms with E-state index in [9.17, 15) is 9.59 Å². The highest BCUT2D eigenvalue weighted by Crippen LogP contribution is 2.38. The minimum absolute atomic E-state index is 0.115. The van der Waals surface area contributed by atoms with E-state index in [2.05, 4.69) is 31.9 Å². The van der Waals surface area contributed by atoms with Crippen LogP contribution >= 0.6 is 78.4 Å². The molecule has 4 rings (SSSR count). The van der Waals surface area contributed by atoms with Crippen LogP contribution < -0.4 is 4.74 Å². The van der Waals surface area contributed by atoms with Gasteiger partial charge >= 0.3 is 0 Å². The number of ether oxygens (including phenoxy) is 1. The Balaban J connectivity index is 1.49. The summed E-state index contributed by atoms with van der Waals surface area (Å²) in [5.74, 6) is 0.260. The van der Waals surface area contributed by atoms with Crippen LogP contribution in [0.25, 0.3) is 6.08 Å². The minimum atomic E-state index is -0.364. The van der Waals surface area contributed by atoms with Crippen LogP contribution in [0.2, 0.25) is 15.1 Å². The maximum atomic E-state index is 12.9. The molecule has 0 radical (unpaired) electrons. The summed E-state index contributed by atoms with van der Waals surface area (Å²) in [4.78, 5) is 26.9. The fourth-order valence-electron chi connectivity index (χ4n) is 3.15. The molecule has 0 unspecified atom stereocenters. The number of hydrogen-bond acceptors (Lipinski definition) is 4. The fraction of sp³-hybridized carbons (Fsp3) is 0.0833. The first-order chi connectivity index (χ1) is 16.2. The zero-order chi connectivity index (χ0) is 24.4. The van der Waals surface area contributed by atoms with E-state index in [0.717, 1.165) is 22.9 Å². The van der Waals surface area contributed by atoms with Gasteiger partial charge in [0.05, 0.1) is 30.4 Å². The molecule has 0 aliphatic carbocycles. The van der Waals surface area contributed by atoms with Gasteiger partial charge in [0.25, 0.3) is 11.1 Å². The SMILES string of the molecule is O=C1S/C(=C\c2cc(Br)c(OCc3ccc(Cl)cc3)c(Br)c2)C(=O)N1Cc1ccc(Cl)c(Cl)c1. The molecule has 34 heavy (non-hydrogen) atoms. The number of nitrogens with zero attached hydrogens (tertiary/aromatic N) is 1. The van der Waals surface area contributed by atoms with Crippen LogP contribution in [0, 0.1) is 0 Å². The van der Waals surface area contributed by atoms with Gasteiger partial charge in [-0.2, -0.15) is 0 Å². The number of hydrogen-bond donors (Lipinski definition) is 0. The first-order valence-electron chi connectivity index (χ1n) is 9.77. The van der Waals surface area contributed by atoms with Crippen LogP contribution in [0.4, 0.5) is 4.79 Å². The molecule has 0 saturated carbocycles. The molecule has 0 spiro atoms. The molecule has 3 aromatic carbocycles. The number of amides is 2. The van der Waals surface area contributed by atoms with Crippen LogP contribution in [-0.4, -0.2) is 16.0 Å². The lowest BCUT2D eigenvalue weighted by molar-refractivity contribution is -0.123. The number of carbonyl (C=O) groups is 2. The molecule has 0 aromatic heterocycles. The number of imide groups is 1. The first kappa shape index (κ1) is 25.6. The monoisotopic (exact) mass is 659 g/mol. The Labute approximate surface area is 232 Å². The van der Waals surface area contributed by atoms with E-state index < -0.39 is 0 Å². The van der Waals surface area contributed by atoms with E-state index in [0.29, 0.717) is 46.8 Å². The maximum absolute atomic E-state index is 12.9. The summed E-state index contributed by atoms with van der Waals surface area (Å²) in [6, 6.07) is 16.1. The second kappa shape index (κ2) is 11.1. The maximum Gasteiger partial charge on any atom is 0.293 e. The van der Waals surface area contributed by atoms with Gasteiger partial charge in [-0.1, -0.05) is 53.0 Å². The minimum Gasteiger partial charge on any atom is -0.487 e. The summed E-state index contributed by atoms with van der Waals surface area (Å²) < 4.78 is 7.36. The van der Waals surface area contributed by atoms with Crippen molar-refractivity contribution in [3.63, 3.8) is 0 Å². The van der Waals surface area contributed by atoms with E-state index in [1.807, 2.05) is 36.4 Å². The largest absolute Gasteiger partial charge is 0.487 e. The molecule has 2 amide bonds. The number of carbonyl (C=O) groups excluding carboxylic acids is 2. The van der Waals surface area contributed by atoms with E-state index >= 15 is 0 Å². The normalized spacial score (nSPS) is 14.9. The lowest BCUT2D eigenvalue weighted by atomic mass is 10.2. The van der Waals surface area contributed by atoms with E-state index in [-0.39, 0.29) is 17.7 Å². The molecule has 4 nitrogen and oxygen atoms in total. The highest BCUT2D eigenvalue weighted by Gasteiger charge is 2.35. The molecule has 1 fully saturated rings. The predicted octanol–water partition coefficient (Wildman–Crippen LogP) is 8.99. The number of thioether (sulfide) groups is 1. The van der Waals surface area contributed by atoms with Crippen molar-refractivity contribution < 1.29 is 14.3 Å². The van der Waals surface area contributed by atoms with Gasteiger partial charge in [-0.25, -0.2) is 0 Å². The van der Waals surface area contributed by atoms with Crippen molar-refractivity contribution in [1.82, 2.24) is 4.90 Å². The Hall–Kier alpha value is -1.48. The molecular formula is C24H14Br2Cl3NO3S. The van der Waals surface area contributed by atoms with Crippen molar-refractivity contribution in [1.29, 1.82) is 0 Å². The Morgan fingerprint density at radius 3 is 2.18 bits per heavy atom. The van der Waals surface area contributed by atoms with Crippen LogP contribution in [0.1, 0.15) is 16.7 Å². The molecule has 1 aliphatic heterocycles. The molecule has 1 aliphatic rings. The first-order valence-corrected chi connectivity index (χ1v) is 13.3. The van der Waals surface area contributed by atoms with Gasteiger partial charge in [-0.3, -0.25) is 14.5 Å². The van der Waals surface area contributed by atoms with Crippen molar-refractivity contribution in [2.45, 2.75) is 13.2 Å². The third kappa shape index (κ3) is 6.01. The Morgan fingerprint density at radius 2 is 1.53 bits per heavy atom. The van der Waals surface area contributed by atoms with Gasteiger partial charge in [-0.05, 0) is 103 Å².